The van der Waals surface area contributed by atoms with Gasteiger partial charge in [0.05, 0.1) is 34.8 Å². The highest BCUT2D eigenvalue weighted by molar-refractivity contribution is 6.08. The molecule has 10 heteroatoms. The van der Waals surface area contributed by atoms with Crippen molar-refractivity contribution in [1.82, 2.24) is 0 Å². The molecular formula is C22H18F4N4O2. The summed E-state index contributed by atoms with van der Waals surface area (Å²) in [5.41, 5.74) is 3.39. The van der Waals surface area contributed by atoms with Crippen molar-refractivity contribution in [1.29, 1.82) is 5.26 Å². The number of nitrogens with zero attached hydrogens (tertiary/aromatic N) is 3. The summed E-state index contributed by atoms with van der Waals surface area (Å²) in [6.45, 7) is 0. The Balaban J connectivity index is 1.79. The molecule has 2 atom stereocenters. The summed E-state index contributed by atoms with van der Waals surface area (Å²) < 4.78 is 54.8. The second kappa shape index (κ2) is 7.82. The fourth-order valence-electron chi connectivity index (χ4n) is 4.57. The number of urea groups is 1. The van der Waals surface area contributed by atoms with E-state index >= 15 is 0 Å². The molecule has 1 saturated carbocycles. The number of halogens is 4. The fourth-order valence-corrected chi connectivity index (χ4v) is 4.57. The van der Waals surface area contributed by atoms with Gasteiger partial charge >= 0.3 is 12.2 Å². The van der Waals surface area contributed by atoms with Crippen molar-refractivity contribution in [3.8, 4) is 6.07 Å². The molecule has 0 aromatic heterocycles. The molecule has 6 nitrogen and oxygen atoms in total. The average Bonchev–Trinajstić information content (AvgIpc) is 3.04. The number of hydrogen-bond acceptors (Lipinski definition) is 3. The zero-order chi connectivity index (χ0) is 23.2. The van der Waals surface area contributed by atoms with Crippen LogP contribution < -0.4 is 15.5 Å². The summed E-state index contributed by atoms with van der Waals surface area (Å²) in [5.74, 6) is -1.83. The quantitative estimate of drug-likeness (QED) is 0.700. The summed E-state index contributed by atoms with van der Waals surface area (Å²) in [6.07, 6.45) is -2.01. The van der Waals surface area contributed by atoms with Crippen LogP contribution in [0.2, 0.25) is 0 Å². The summed E-state index contributed by atoms with van der Waals surface area (Å²) in [4.78, 5) is 27.4. The zero-order valence-electron chi connectivity index (χ0n) is 16.7. The molecule has 1 heterocycles. The highest BCUT2D eigenvalue weighted by Gasteiger charge is 2.48. The molecule has 32 heavy (non-hydrogen) atoms. The molecule has 4 rings (SSSR count). The van der Waals surface area contributed by atoms with Gasteiger partial charge in [0, 0.05) is 11.4 Å². The van der Waals surface area contributed by atoms with Gasteiger partial charge in [-0.15, -0.1) is 0 Å². The van der Waals surface area contributed by atoms with Crippen LogP contribution in [0.15, 0.2) is 36.4 Å². The number of carbonyl (C=O) groups is 2. The van der Waals surface area contributed by atoms with Crippen LogP contribution in [0.3, 0.4) is 0 Å². The van der Waals surface area contributed by atoms with E-state index in [1.54, 1.807) is 0 Å². The van der Waals surface area contributed by atoms with Gasteiger partial charge in [0.15, 0.2) is 0 Å². The molecule has 0 radical (unpaired) electrons. The monoisotopic (exact) mass is 446 g/mol. The number of benzene rings is 2. The lowest BCUT2D eigenvalue weighted by atomic mass is 9.89. The third-order valence-electron chi connectivity index (χ3n) is 5.97. The maximum Gasteiger partial charge on any atom is 0.417 e. The van der Waals surface area contributed by atoms with E-state index < -0.39 is 41.1 Å². The summed E-state index contributed by atoms with van der Waals surface area (Å²) in [5, 5.41) is 9.05. The molecule has 1 saturated heterocycles. The molecule has 1 aliphatic heterocycles. The third kappa shape index (κ3) is 3.53. The van der Waals surface area contributed by atoms with Crippen LogP contribution in [0.25, 0.3) is 0 Å². The van der Waals surface area contributed by atoms with E-state index in [1.165, 1.54) is 34.1 Å². The van der Waals surface area contributed by atoms with Gasteiger partial charge in [-0.1, -0.05) is 12.8 Å². The van der Waals surface area contributed by atoms with Gasteiger partial charge in [0.25, 0.3) is 5.91 Å². The molecule has 3 amide bonds. The number of amides is 3. The van der Waals surface area contributed by atoms with E-state index in [2.05, 4.69) is 0 Å². The van der Waals surface area contributed by atoms with Gasteiger partial charge in [-0.25, -0.2) is 9.18 Å². The average molecular weight is 446 g/mol. The third-order valence-corrected chi connectivity index (χ3v) is 5.97. The number of rotatable bonds is 3. The maximum atomic E-state index is 14.4. The van der Waals surface area contributed by atoms with Gasteiger partial charge in [-0.3, -0.25) is 14.6 Å². The molecule has 0 spiro atoms. The first-order valence-electron chi connectivity index (χ1n) is 9.96. The number of carbonyl (C=O) groups excluding carboxylic acids is 2. The molecule has 2 fully saturated rings. The Morgan fingerprint density at radius 1 is 1.03 bits per heavy atom. The normalized spacial score (nSPS) is 20.8. The summed E-state index contributed by atoms with van der Waals surface area (Å²) in [7, 11) is 0. The van der Waals surface area contributed by atoms with Crippen molar-refractivity contribution >= 4 is 23.3 Å². The molecule has 0 bridgehead atoms. The van der Waals surface area contributed by atoms with E-state index in [4.69, 9.17) is 11.0 Å². The molecule has 2 aliphatic rings. The van der Waals surface area contributed by atoms with Crippen LogP contribution in [0.4, 0.5) is 33.7 Å². The highest BCUT2D eigenvalue weighted by atomic mass is 19.4. The van der Waals surface area contributed by atoms with Gasteiger partial charge in [-0.05, 0) is 49.2 Å². The van der Waals surface area contributed by atoms with Gasteiger partial charge < -0.3 is 5.73 Å². The van der Waals surface area contributed by atoms with Gasteiger partial charge in [0.1, 0.15) is 5.82 Å². The SMILES string of the molecule is N#Cc1ccc(N2C(=O)N(c3ccc(C(N)=O)c(F)c3)C3CCCCC32)cc1C(F)(F)F. The Morgan fingerprint density at radius 3 is 2.09 bits per heavy atom. The van der Waals surface area contributed by atoms with E-state index in [0.29, 0.717) is 12.8 Å². The maximum absolute atomic E-state index is 14.4. The Kier molecular flexibility index (Phi) is 5.28. The highest BCUT2D eigenvalue weighted by Crippen LogP contribution is 2.42. The topological polar surface area (TPSA) is 90.4 Å². The largest absolute Gasteiger partial charge is 0.417 e. The van der Waals surface area contributed by atoms with Crippen LogP contribution in [-0.4, -0.2) is 24.0 Å². The van der Waals surface area contributed by atoms with E-state index in [1.807, 2.05) is 0 Å². The smallest absolute Gasteiger partial charge is 0.366 e. The van der Waals surface area contributed by atoms with Crippen LogP contribution in [0.5, 0.6) is 0 Å². The lowest BCUT2D eigenvalue weighted by Crippen LogP contribution is -2.40. The number of alkyl halides is 3. The van der Waals surface area contributed by atoms with Crippen molar-refractivity contribution in [2.75, 3.05) is 9.80 Å². The van der Waals surface area contributed by atoms with Crippen molar-refractivity contribution in [3.05, 3.63) is 58.9 Å². The second-order valence-corrected chi connectivity index (χ2v) is 7.81. The fraction of sp³-hybridized carbons (Fsp3) is 0.318. The van der Waals surface area contributed by atoms with Crippen LogP contribution in [0.1, 0.15) is 47.2 Å². The summed E-state index contributed by atoms with van der Waals surface area (Å²) in [6, 6.07) is 6.94. The van der Waals surface area contributed by atoms with Crippen LogP contribution in [0, 0.1) is 17.1 Å². The Hall–Kier alpha value is -3.61. The number of anilines is 2. The minimum Gasteiger partial charge on any atom is -0.366 e. The van der Waals surface area contributed by atoms with Crippen molar-refractivity contribution < 1.29 is 27.2 Å². The van der Waals surface area contributed by atoms with E-state index in [-0.39, 0.29) is 23.0 Å². The molecule has 2 aromatic carbocycles. The van der Waals surface area contributed by atoms with E-state index in [0.717, 1.165) is 31.0 Å². The number of nitriles is 1. The number of hydrogen-bond donors (Lipinski definition) is 1. The predicted molar refractivity (Wildman–Crippen MR) is 107 cm³/mol. The number of primary amides is 1. The van der Waals surface area contributed by atoms with Gasteiger partial charge in [0.2, 0.25) is 0 Å². The summed E-state index contributed by atoms with van der Waals surface area (Å²) >= 11 is 0. The van der Waals surface area contributed by atoms with Crippen LogP contribution in [-0.2, 0) is 6.18 Å². The molecule has 166 valence electrons. The molecule has 1 aliphatic carbocycles. The van der Waals surface area contributed by atoms with Crippen molar-refractivity contribution in [2.24, 2.45) is 5.73 Å². The second-order valence-electron chi connectivity index (χ2n) is 7.81. The molecule has 2 aromatic rings. The predicted octanol–water partition coefficient (Wildman–Crippen LogP) is 4.57. The molecule has 2 N–H and O–H groups in total. The van der Waals surface area contributed by atoms with Crippen molar-refractivity contribution in [2.45, 2.75) is 43.9 Å². The van der Waals surface area contributed by atoms with Crippen LogP contribution >= 0.6 is 0 Å². The Morgan fingerprint density at radius 2 is 1.59 bits per heavy atom. The first kappa shape index (κ1) is 21.6. The standard InChI is InChI=1S/C22H18F4N4O2/c23-17-10-14(7-8-15(17)20(28)31)30-19-4-2-1-3-18(19)29(21(30)32)13-6-5-12(11-27)16(9-13)22(24,25)26/h5-10,18-19H,1-4H2,(H2,28,31). The van der Waals surface area contributed by atoms with Gasteiger partial charge in [-0.2, -0.15) is 18.4 Å². The minimum absolute atomic E-state index is 0.0231. The van der Waals surface area contributed by atoms with E-state index in [9.17, 15) is 27.2 Å². The lowest BCUT2D eigenvalue weighted by molar-refractivity contribution is -0.137. The van der Waals surface area contributed by atoms with Crippen molar-refractivity contribution in [3.63, 3.8) is 0 Å². The zero-order valence-corrected chi connectivity index (χ0v) is 16.7. The molecular weight excluding hydrogens is 428 g/mol. The Bertz CT molecular complexity index is 1140. The Labute approximate surface area is 180 Å². The first-order chi connectivity index (χ1) is 15.1. The lowest BCUT2D eigenvalue weighted by Gasteiger charge is -2.32. The first-order valence-corrected chi connectivity index (χ1v) is 9.96. The number of nitrogens with two attached hydrogens (primary N) is 1. The number of fused-ring (bicyclic) bond motifs is 1. The minimum atomic E-state index is -4.76. The molecule has 2 unspecified atom stereocenters.